The highest BCUT2D eigenvalue weighted by atomic mass is 35.5. The fourth-order valence-electron chi connectivity index (χ4n) is 1.45. The second kappa shape index (κ2) is 4.68. The molecule has 0 fully saturated rings. The van der Waals surface area contributed by atoms with Crippen molar-refractivity contribution in [1.82, 2.24) is 0 Å². The van der Waals surface area contributed by atoms with Crippen molar-refractivity contribution in [3.8, 4) is 17.2 Å². The highest BCUT2D eigenvalue weighted by Crippen LogP contribution is 2.52. The van der Waals surface area contributed by atoms with Crippen LogP contribution in [0.15, 0.2) is 5.16 Å². The Morgan fingerprint density at radius 2 is 1.94 bits per heavy atom. The predicted octanol–water partition coefficient (Wildman–Crippen LogP) is 3.11. The van der Waals surface area contributed by atoms with Crippen molar-refractivity contribution in [2.24, 2.45) is 5.16 Å². The van der Waals surface area contributed by atoms with E-state index in [1.807, 2.05) is 0 Å². The van der Waals surface area contributed by atoms with E-state index in [-0.39, 0.29) is 39.1 Å². The molecule has 2 rings (SSSR count). The van der Waals surface area contributed by atoms with E-state index >= 15 is 0 Å². The molecule has 1 aromatic carbocycles. The molecule has 0 saturated heterocycles. The second-order valence-corrected chi connectivity index (χ2v) is 4.11. The van der Waals surface area contributed by atoms with Gasteiger partial charge in [0.1, 0.15) is 0 Å². The summed E-state index contributed by atoms with van der Waals surface area (Å²) in [6.07, 6.45) is 0. The van der Waals surface area contributed by atoms with Gasteiger partial charge >= 0.3 is 0 Å². The maximum Gasteiger partial charge on any atom is 0.231 e. The van der Waals surface area contributed by atoms with Gasteiger partial charge in [-0.05, 0) is 0 Å². The molecule has 0 radical (unpaired) electrons. The molecule has 1 aliphatic rings. The molecule has 1 N–H and O–H groups in total. The predicted molar refractivity (Wildman–Crippen MR) is 63.3 cm³/mol. The summed E-state index contributed by atoms with van der Waals surface area (Å²) >= 11 is 17.8. The number of nitrogens with zero attached hydrogens (tertiary/aromatic N) is 1. The standard InChI is InChI=1S/C9H6Cl3NO4/c1-15-6-4(10)3(9(12)13-14)5(11)7-8(6)17-2-16-7/h14H,2H2,1H3/b13-9+. The number of fused-ring (bicyclic) bond motifs is 1. The van der Waals surface area contributed by atoms with Gasteiger partial charge in [-0.15, -0.1) is 0 Å². The van der Waals surface area contributed by atoms with Gasteiger partial charge in [0.25, 0.3) is 0 Å². The Kier molecular flexibility index (Phi) is 3.42. The fourth-order valence-corrected chi connectivity index (χ4v) is 2.45. The molecule has 1 heterocycles. The average molecular weight is 299 g/mol. The van der Waals surface area contributed by atoms with Crippen LogP contribution in [0.2, 0.25) is 10.0 Å². The Hall–Kier alpha value is -1.04. The summed E-state index contributed by atoms with van der Waals surface area (Å²) in [5, 5.41) is 11.4. The van der Waals surface area contributed by atoms with Crippen molar-refractivity contribution < 1.29 is 19.4 Å². The summed E-state index contributed by atoms with van der Waals surface area (Å²) in [4.78, 5) is 0. The first-order valence-corrected chi connectivity index (χ1v) is 5.47. The number of benzene rings is 1. The second-order valence-electron chi connectivity index (χ2n) is 2.99. The zero-order chi connectivity index (χ0) is 12.6. The zero-order valence-electron chi connectivity index (χ0n) is 8.46. The summed E-state index contributed by atoms with van der Waals surface area (Å²) in [7, 11) is 1.41. The first kappa shape index (κ1) is 12.4. The van der Waals surface area contributed by atoms with E-state index in [9.17, 15) is 0 Å². The van der Waals surface area contributed by atoms with Crippen LogP contribution in [-0.2, 0) is 0 Å². The van der Waals surface area contributed by atoms with Crippen molar-refractivity contribution in [3.05, 3.63) is 15.6 Å². The van der Waals surface area contributed by atoms with Crippen molar-refractivity contribution in [2.45, 2.75) is 0 Å². The number of rotatable bonds is 2. The van der Waals surface area contributed by atoms with Gasteiger partial charge in [0.05, 0.1) is 22.7 Å². The fraction of sp³-hybridized carbons (Fsp3) is 0.222. The number of hydrogen-bond acceptors (Lipinski definition) is 5. The highest BCUT2D eigenvalue weighted by molar-refractivity contribution is 6.71. The van der Waals surface area contributed by atoms with Gasteiger partial charge in [-0.2, -0.15) is 0 Å². The van der Waals surface area contributed by atoms with E-state index in [2.05, 4.69) is 5.16 Å². The summed E-state index contributed by atoms with van der Waals surface area (Å²) in [6, 6.07) is 0. The SMILES string of the molecule is COc1c(Cl)c(/C(Cl)=N\O)c(Cl)c2c1OCO2. The summed E-state index contributed by atoms with van der Waals surface area (Å²) in [5.74, 6) is 0.777. The Bertz CT molecular complexity index is 504. The maximum atomic E-state index is 8.68. The van der Waals surface area contributed by atoms with Crippen molar-refractivity contribution in [2.75, 3.05) is 13.9 Å². The van der Waals surface area contributed by atoms with Crippen molar-refractivity contribution in [3.63, 3.8) is 0 Å². The average Bonchev–Trinajstić information content (AvgIpc) is 2.78. The van der Waals surface area contributed by atoms with Crippen molar-refractivity contribution in [1.29, 1.82) is 0 Å². The van der Waals surface area contributed by atoms with Gasteiger partial charge in [-0.25, -0.2) is 0 Å². The molecule has 0 spiro atoms. The van der Waals surface area contributed by atoms with Crippen LogP contribution in [0.25, 0.3) is 0 Å². The number of oxime groups is 1. The van der Waals surface area contributed by atoms with Gasteiger partial charge in [-0.3, -0.25) is 0 Å². The van der Waals surface area contributed by atoms with E-state index in [4.69, 9.17) is 54.2 Å². The van der Waals surface area contributed by atoms with Crippen molar-refractivity contribution >= 4 is 40.0 Å². The normalized spacial score (nSPS) is 14.0. The highest BCUT2D eigenvalue weighted by Gasteiger charge is 2.30. The minimum atomic E-state index is -0.267. The van der Waals surface area contributed by atoms with Gasteiger partial charge < -0.3 is 19.4 Å². The Labute approximate surface area is 111 Å². The maximum absolute atomic E-state index is 8.68. The molecule has 0 unspecified atom stereocenters. The Balaban J connectivity index is 2.77. The van der Waals surface area contributed by atoms with Crippen LogP contribution >= 0.6 is 34.8 Å². The first-order chi connectivity index (χ1) is 8.11. The smallest absolute Gasteiger partial charge is 0.231 e. The molecule has 1 aliphatic heterocycles. The topological polar surface area (TPSA) is 60.3 Å². The molecule has 0 atom stereocenters. The number of halogens is 3. The van der Waals surface area contributed by atoms with E-state index < -0.39 is 0 Å². The van der Waals surface area contributed by atoms with Crippen LogP contribution < -0.4 is 14.2 Å². The van der Waals surface area contributed by atoms with Crippen LogP contribution in [0.4, 0.5) is 0 Å². The molecular formula is C9H6Cl3NO4. The summed E-state index contributed by atoms with van der Waals surface area (Å²) < 4.78 is 15.5. The van der Waals surface area contributed by atoms with Crippen LogP contribution in [0, 0.1) is 0 Å². The minimum Gasteiger partial charge on any atom is -0.491 e. The molecular weight excluding hydrogens is 292 g/mol. The van der Waals surface area contributed by atoms with Crippen LogP contribution in [0.3, 0.4) is 0 Å². The lowest BCUT2D eigenvalue weighted by atomic mass is 10.2. The van der Waals surface area contributed by atoms with Gasteiger partial charge in [0.2, 0.25) is 12.5 Å². The largest absolute Gasteiger partial charge is 0.491 e. The molecule has 0 aliphatic carbocycles. The summed E-state index contributed by atoms with van der Waals surface area (Å²) in [6.45, 7) is -0.000910. The summed E-state index contributed by atoms with van der Waals surface area (Å²) in [5.41, 5.74) is 0.124. The molecule has 0 bridgehead atoms. The third-order valence-electron chi connectivity index (χ3n) is 2.15. The molecule has 0 saturated carbocycles. The lowest BCUT2D eigenvalue weighted by Crippen LogP contribution is -1.98. The molecule has 5 nitrogen and oxygen atoms in total. The van der Waals surface area contributed by atoms with Crippen LogP contribution in [0.1, 0.15) is 5.56 Å². The third-order valence-corrected chi connectivity index (χ3v) is 3.14. The van der Waals surface area contributed by atoms with E-state index in [1.165, 1.54) is 7.11 Å². The van der Waals surface area contributed by atoms with Gasteiger partial charge in [0.15, 0.2) is 16.7 Å². The number of hydrogen-bond donors (Lipinski definition) is 1. The first-order valence-electron chi connectivity index (χ1n) is 4.34. The van der Waals surface area contributed by atoms with Crippen LogP contribution in [-0.4, -0.2) is 24.3 Å². The molecule has 1 aromatic rings. The lowest BCUT2D eigenvalue weighted by Gasteiger charge is -2.12. The Morgan fingerprint density at radius 3 is 2.53 bits per heavy atom. The molecule has 0 amide bonds. The van der Waals surface area contributed by atoms with E-state index in [0.717, 1.165) is 0 Å². The van der Waals surface area contributed by atoms with Gasteiger partial charge in [0, 0.05) is 0 Å². The molecule has 8 heteroatoms. The quantitative estimate of drug-likeness (QED) is 0.518. The number of methoxy groups -OCH3 is 1. The Morgan fingerprint density at radius 1 is 1.29 bits per heavy atom. The number of ether oxygens (including phenoxy) is 3. The lowest BCUT2D eigenvalue weighted by molar-refractivity contribution is 0.171. The van der Waals surface area contributed by atoms with E-state index in [0.29, 0.717) is 5.75 Å². The van der Waals surface area contributed by atoms with Gasteiger partial charge in [-0.1, -0.05) is 40.0 Å². The van der Waals surface area contributed by atoms with E-state index in [1.54, 1.807) is 0 Å². The molecule has 17 heavy (non-hydrogen) atoms. The monoisotopic (exact) mass is 297 g/mol. The minimum absolute atomic E-state index is 0.000910. The third kappa shape index (κ3) is 1.84. The molecule has 0 aromatic heterocycles. The zero-order valence-corrected chi connectivity index (χ0v) is 10.7. The van der Waals surface area contributed by atoms with Crippen LogP contribution in [0.5, 0.6) is 17.2 Å². The molecule has 92 valence electrons.